The molecule has 1 aliphatic rings. The SMILES string of the molecule is CSc1nnc(CCCNc2ccc([N+](=O)[O-])cc2)n1C1CCCC1. The summed E-state index contributed by atoms with van der Waals surface area (Å²) in [6.07, 6.45) is 8.89. The van der Waals surface area contributed by atoms with Crippen LogP contribution in [0.1, 0.15) is 44.0 Å². The molecule has 3 rings (SSSR count). The molecule has 0 amide bonds. The van der Waals surface area contributed by atoms with Crippen LogP contribution in [0.25, 0.3) is 0 Å². The Kier molecular flexibility index (Phi) is 5.91. The highest BCUT2D eigenvalue weighted by molar-refractivity contribution is 7.98. The lowest BCUT2D eigenvalue weighted by Crippen LogP contribution is -2.12. The van der Waals surface area contributed by atoms with Crippen LogP contribution in [-0.4, -0.2) is 32.5 Å². The standard InChI is InChI=1S/C17H23N5O2S/c1-25-17-20-19-16(21(17)14-5-2-3-6-14)7-4-12-18-13-8-10-15(11-9-13)22(23)24/h8-11,14,18H,2-7,12H2,1H3. The van der Waals surface area contributed by atoms with Crippen LogP contribution in [-0.2, 0) is 6.42 Å². The number of hydrogen-bond donors (Lipinski definition) is 1. The average Bonchev–Trinajstić information content (AvgIpc) is 3.28. The molecule has 0 saturated heterocycles. The molecule has 1 saturated carbocycles. The minimum absolute atomic E-state index is 0.111. The number of thioether (sulfide) groups is 1. The number of anilines is 1. The third-order valence-electron chi connectivity index (χ3n) is 4.59. The maximum atomic E-state index is 10.7. The quantitative estimate of drug-likeness (QED) is 0.330. The van der Waals surface area contributed by atoms with Crippen LogP contribution in [0.3, 0.4) is 0 Å². The normalized spacial score (nSPS) is 14.8. The van der Waals surface area contributed by atoms with E-state index in [2.05, 4.69) is 26.3 Å². The number of nitro benzene ring substituents is 1. The van der Waals surface area contributed by atoms with E-state index in [-0.39, 0.29) is 10.6 Å². The van der Waals surface area contributed by atoms with Gasteiger partial charge < -0.3 is 9.88 Å². The molecular weight excluding hydrogens is 338 g/mol. The van der Waals surface area contributed by atoms with Crippen molar-refractivity contribution < 1.29 is 4.92 Å². The Morgan fingerprint density at radius 2 is 2.00 bits per heavy atom. The fourth-order valence-corrected chi connectivity index (χ4v) is 3.90. The monoisotopic (exact) mass is 361 g/mol. The molecule has 0 radical (unpaired) electrons. The van der Waals surface area contributed by atoms with Crippen LogP contribution in [0.2, 0.25) is 0 Å². The first-order chi connectivity index (χ1) is 12.2. The lowest BCUT2D eigenvalue weighted by molar-refractivity contribution is -0.384. The van der Waals surface area contributed by atoms with Gasteiger partial charge in [0.05, 0.1) is 4.92 Å². The fourth-order valence-electron chi connectivity index (χ4n) is 3.33. The molecule has 0 bridgehead atoms. The summed E-state index contributed by atoms with van der Waals surface area (Å²) in [6, 6.07) is 7.07. The lowest BCUT2D eigenvalue weighted by Gasteiger charge is -2.16. The van der Waals surface area contributed by atoms with Crippen molar-refractivity contribution in [3.05, 3.63) is 40.2 Å². The van der Waals surface area contributed by atoms with Crippen LogP contribution < -0.4 is 5.32 Å². The van der Waals surface area contributed by atoms with E-state index in [4.69, 9.17) is 0 Å². The molecule has 1 aromatic carbocycles. The number of rotatable bonds is 8. The first-order valence-electron chi connectivity index (χ1n) is 8.65. The van der Waals surface area contributed by atoms with Crippen molar-refractivity contribution in [1.29, 1.82) is 0 Å². The zero-order valence-corrected chi connectivity index (χ0v) is 15.2. The van der Waals surface area contributed by atoms with Gasteiger partial charge in [0.2, 0.25) is 0 Å². The van der Waals surface area contributed by atoms with E-state index in [1.165, 1.54) is 37.8 Å². The maximum Gasteiger partial charge on any atom is 0.269 e. The van der Waals surface area contributed by atoms with Crippen molar-refractivity contribution in [1.82, 2.24) is 14.8 Å². The lowest BCUT2D eigenvalue weighted by atomic mass is 10.2. The van der Waals surface area contributed by atoms with E-state index >= 15 is 0 Å². The van der Waals surface area contributed by atoms with Gasteiger partial charge in [-0.15, -0.1) is 10.2 Å². The molecule has 1 fully saturated rings. The summed E-state index contributed by atoms with van der Waals surface area (Å²) < 4.78 is 2.34. The van der Waals surface area contributed by atoms with Gasteiger partial charge in [0.15, 0.2) is 5.16 Å². The molecule has 0 unspecified atom stereocenters. The number of aromatic nitrogens is 3. The molecule has 134 valence electrons. The minimum Gasteiger partial charge on any atom is -0.385 e. The summed E-state index contributed by atoms with van der Waals surface area (Å²) in [5.74, 6) is 1.07. The summed E-state index contributed by atoms with van der Waals surface area (Å²) >= 11 is 1.66. The van der Waals surface area contributed by atoms with Gasteiger partial charge in [-0.05, 0) is 37.7 Å². The zero-order valence-electron chi connectivity index (χ0n) is 14.4. The molecule has 1 aromatic heterocycles. The molecule has 1 N–H and O–H groups in total. The summed E-state index contributed by atoms with van der Waals surface area (Å²) in [6.45, 7) is 0.796. The van der Waals surface area contributed by atoms with Gasteiger partial charge in [-0.3, -0.25) is 10.1 Å². The van der Waals surface area contributed by atoms with Crippen molar-refractivity contribution in [2.75, 3.05) is 18.1 Å². The van der Waals surface area contributed by atoms with Crippen molar-refractivity contribution in [3.8, 4) is 0 Å². The van der Waals surface area contributed by atoms with Gasteiger partial charge in [-0.25, -0.2) is 0 Å². The van der Waals surface area contributed by atoms with E-state index in [1.54, 1.807) is 23.9 Å². The van der Waals surface area contributed by atoms with E-state index in [0.717, 1.165) is 36.1 Å². The van der Waals surface area contributed by atoms with Gasteiger partial charge in [0, 0.05) is 36.8 Å². The smallest absolute Gasteiger partial charge is 0.269 e. The fraction of sp³-hybridized carbons (Fsp3) is 0.529. The Morgan fingerprint density at radius 3 is 2.64 bits per heavy atom. The molecule has 0 spiro atoms. The number of nitrogens with one attached hydrogen (secondary N) is 1. The van der Waals surface area contributed by atoms with Crippen LogP contribution in [0.5, 0.6) is 0 Å². The summed E-state index contributed by atoms with van der Waals surface area (Å²) in [7, 11) is 0. The first kappa shape index (κ1) is 17.7. The molecule has 1 heterocycles. The number of non-ortho nitro benzene ring substituents is 1. The molecule has 1 aliphatic carbocycles. The van der Waals surface area contributed by atoms with E-state index in [1.807, 2.05) is 0 Å². The zero-order chi connectivity index (χ0) is 17.6. The van der Waals surface area contributed by atoms with E-state index in [9.17, 15) is 10.1 Å². The van der Waals surface area contributed by atoms with E-state index < -0.39 is 0 Å². The Hall–Kier alpha value is -2.09. The predicted octanol–water partition coefficient (Wildman–Crippen LogP) is 4.07. The number of nitrogens with zero attached hydrogens (tertiary/aromatic N) is 4. The molecule has 7 nitrogen and oxygen atoms in total. The molecule has 25 heavy (non-hydrogen) atoms. The maximum absolute atomic E-state index is 10.7. The number of aryl methyl sites for hydroxylation is 1. The Bertz CT molecular complexity index is 710. The number of benzene rings is 1. The van der Waals surface area contributed by atoms with Gasteiger partial charge in [-0.2, -0.15) is 0 Å². The third kappa shape index (κ3) is 4.31. The number of hydrogen-bond acceptors (Lipinski definition) is 6. The van der Waals surface area contributed by atoms with Crippen LogP contribution >= 0.6 is 11.8 Å². The summed E-state index contributed by atoms with van der Waals surface area (Å²) in [4.78, 5) is 10.3. The second kappa shape index (κ2) is 8.33. The highest BCUT2D eigenvalue weighted by Crippen LogP contribution is 2.33. The second-order valence-electron chi connectivity index (χ2n) is 6.25. The Morgan fingerprint density at radius 1 is 1.28 bits per heavy atom. The predicted molar refractivity (Wildman–Crippen MR) is 99.2 cm³/mol. The van der Waals surface area contributed by atoms with Crippen molar-refractivity contribution in [3.63, 3.8) is 0 Å². The summed E-state index contributed by atoms with van der Waals surface area (Å²) in [5.41, 5.74) is 1.01. The van der Waals surface area contributed by atoms with Gasteiger partial charge >= 0.3 is 0 Å². The third-order valence-corrected chi connectivity index (χ3v) is 5.24. The minimum atomic E-state index is -0.386. The largest absolute Gasteiger partial charge is 0.385 e. The highest BCUT2D eigenvalue weighted by atomic mass is 32.2. The summed E-state index contributed by atoms with van der Waals surface area (Å²) in [5, 5.41) is 23.7. The molecule has 0 atom stereocenters. The van der Waals surface area contributed by atoms with Crippen LogP contribution in [0.15, 0.2) is 29.4 Å². The Labute approximate surface area is 151 Å². The number of nitro groups is 1. The molecule has 2 aromatic rings. The van der Waals surface area contributed by atoms with Crippen molar-refractivity contribution >= 4 is 23.1 Å². The van der Waals surface area contributed by atoms with Crippen LogP contribution in [0, 0.1) is 10.1 Å². The Balaban J connectivity index is 1.53. The highest BCUT2D eigenvalue weighted by Gasteiger charge is 2.23. The van der Waals surface area contributed by atoms with Crippen molar-refractivity contribution in [2.45, 2.75) is 49.7 Å². The average molecular weight is 361 g/mol. The molecule has 8 heteroatoms. The van der Waals surface area contributed by atoms with Gasteiger partial charge in [0.1, 0.15) is 5.82 Å². The topological polar surface area (TPSA) is 85.9 Å². The second-order valence-corrected chi connectivity index (χ2v) is 7.02. The van der Waals surface area contributed by atoms with Crippen LogP contribution in [0.4, 0.5) is 11.4 Å². The van der Waals surface area contributed by atoms with Gasteiger partial charge in [0.25, 0.3) is 5.69 Å². The van der Waals surface area contributed by atoms with Gasteiger partial charge in [-0.1, -0.05) is 24.6 Å². The molecular formula is C17H23N5O2S. The van der Waals surface area contributed by atoms with Crippen molar-refractivity contribution in [2.24, 2.45) is 0 Å². The molecule has 0 aliphatic heterocycles. The first-order valence-corrected chi connectivity index (χ1v) is 9.87. The van der Waals surface area contributed by atoms with E-state index in [0.29, 0.717) is 6.04 Å².